The van der Waals surface area contributed by atoms with Gasteiger partial charge in [-0.3, -0.25) is 5.43 Å². The van der Waals surface area contributed by atoms with E-state index in [1.165, 1.54) is 11.8 Å². The Morgan fingerprint density at radius 1 is 1.64 bits per heavy atom. The summed E-state index contributed by atoms with van der Waals surface area (Å²) in [5, 5.41) is 1.91. The van der Waals surface area contributed by atoms with Crippen molar-refractivity contribution in [3.63, 3.8) is 0 Å². The maximum absolute atomic E-state index is 11.9. The Hall–Kier alpha value is -0.0400. The van der Waals surface area contributed by atoms with Gasteiger partial charge in [0.1, 0.15) is 0 Å². The first-order chi connectivity index (χ1) is 5.04. The SMILES string of the molecule is CSC1=NNC(C(F)(F)F)S1. The number of hydrogen-bond donors (Lipinski definition) is 1. The van der Waals surface area contributed by atoms with E-state index in [-0.39, 0.29) is 0 Å². The molecule has 11 heavy (non-hydrogen) atoms. The summed E-state index contributed by atoms with van der Waals surface area (Å²) in [6.45, 7) is 0. The molecule has 1 unspecified atom stereocenters. The Balaban J connectivity index is 2.48. The summed E-state index contributed by atoms with van der Waals surface area (Å²) in [5.74, 6) is 0. The Labute approximate surface area is 70.0 Å². The van der Waals surface area contributed by atoms with Crippen LogP contribution in [0.25, 0.3) is 0 Å². The van der Waals surface area contributed by atoms with Crippen LogP contribution in [0.2, 0.25) is 0 Å². The maximum Gasteiger partial charge on any atom is 0.419 e. The van der Waals surface area contributed by atoms with Crippen molar-refractivity contribution < 1.29 is 13.2 Å². The summed E-state index contributed by atoms with van der Waals surface area (Å²) in [7, 11) is 0. The maximum atomic E-state index is 11.9. The number of nitrogens with zero attached hydrogens (tertiary/aromatic N) is 1. The first-order valence-corrected chi connectivity index (χ1v) is 4.75. The molecular weight excluding hydrogens is 197 g/mol. The third-order valence-corrected chi connectivity index (χ3v) is 3.09. The molecule has 0 aromatic heterocycles. The lowest BCUT2D eigenvalue weighted by Crippen LogP contribution is -2.33. The van der Waals surface area contributed by atoms with Crippen LogP contribution in [0.4, 0.5) is 13.2 Å². The predicted octanol–water partition coefficient (Wildman–Crippen LogP) is 1.85. The quantitative estimate of drug-likeness (QED) is 0.648. The standard InChI is InChI=1S/C4H5F3N2S2/c1-10-3-9-8-2(11-3)4(5,6)7/h2,8H,1H3. The molecule has 0 bridgehead atoms. The zero-order valence-electron chi connectivity index (χ0n) is 5.47. The van der Waals surface area contributed by atoms with E-state index in [1.807, 2.05) is 5.43 Å². The van der Waals surface area contributed by atoms with E-state index in [0.717, 1.165) is 0 Å². The van der Waals surface area contributed by atoms with Crippen molar-refractivity contribution in [2.24, 2.45) is 5.10 Å². The van der Waals surface area contributed by atoms with Gasteiger partial charge >= 0.3 is 6.18 Å². The average Bonchev–Trinajstić information content (AvgIpc) is 2.32. The highest BCUT2D eigenvalue weighted by atomic mass is 32.2. The van der Waals surface area contributed by atoms with Gasteiger partial charge in [0.15, 0.2) is 9.75 Å². The second-order valence-corrected chi connectivity index (χ2v) is 3.90. The number of thioether (sulfide) groups is 2. The van der Waals surface area contributed by atoms with Crippen molar-refractivity contribution in [2.75, 3.05) is 6.26 Å². The van der Waals surface area contributed by atoms with Crippen LogP contribution in [0.1, 0.15) is 0 Å². The van der Waals surface area contributed by atoms with Crippen molar-refractivity contribution in [2.45, 2.75) is 11.6 Å². The fourth-order valence-corrected chi connectivity index (χ4v) is 1.86. The summed E-state index contributed by atoms with van der Waals surface area (Å²) in [5.41, 5.74) is 2.00. The van der Waals surface area contributed by atoms with Crippen molar-refractivity contribution in [3.8, 4) is 0 Å². The van der Waals surface area contributed by atoms with E-state index < -0.39 is 11.6 Å². The van der Waals surface area contributed by atoms with Crippen molar-refractivity contribution in [3.05, 3.63) is 0 Å². The van der Waals surface area contributed by atoms with E-state index in [0.29, 0.717) is 16.1 Å². The molecule has 64 valence electrons. The van der Waals surface area contributed by atoms with E-state index in [4.69, 9.17) is 0 Å². The number of nitrogens with one attached hydrogen (secondary N) is 1. The Bertz CT molecular complexity index is 179. The summed E-state index contributed by atoms with van der Waals surface area (Å²) in [4.78, 5) is 0. The molecule has 0 aromatic rings. The van der Waals surface area contributed by atoms with Gasteiger partial charge in [0.05, 0.1) is 0 Å². The molecule has 0 radical (unpaired) electrons. The number of hydrogen-bond acceptors (Lipinski definition) is 4. The molecule has 0 saturated carbocycles. The molecule has 1 aliphatic rings. The predicted molar refractivity (Wildman–Crippen MR) is 41.5 cm³/mol. The average molecular weight is 202 g/mol. The minimum Gasteiger partial charge on any atom is -0.286 e. The monoisotopic (exact) mass is 202 g/mol. The highest BCUT2D eigenvalue weighted by Crippen LogP contribution is 2.34. The summed E-state index contributed by atoms with van der Waals surface area (Å²) in [6.07, 6.45) is -2.53. The molecule has 7 heteroatoms. The van der Waals surface area contributed by atoms with Gasteiger partial charge in [0.2, 0.25) is 0 Å². The largest absolute Gasteiger partial charge is 0.419 e. The molecule has 1 aliphatic heterocycles. The highest BCUT2D eigenvalue weighted by Gasteiger charge is 2.43. The third-order valence-electron chi connectivity index (χ3n) is 0.964. The molecule has 0 spiro atoms. The van der Waals surface area contributed by atoms with Gasteiger partial charge in [-0.15, -0.1) is 11.8 Å². The summed E-state index contributed by atoms with van der Waals surface area (Å²) >= 11 is 1.90. The Kier molecular flexibility index (Phi) is 2.58. The second-order valence-electron chi connectivity index (χ2n) is 1.75. The van der Waals surface area contributed by atoms with Crippen LogP contribution >= 0.6 is 23.5 Å². The molecule has 0 amide bonds. The highest BCUT2D eigenvalue weighted by molar-refractivity contribution is 8.39. The third kappa shape index (κ3) is 2.19. The fraction of sp³-hybridized carbons (Fsp3) is 0.750. The minimum atomic E-state index is -4.22. The summed E-state index contributed by atoms with van der Waals surface area (Å²) in [6, 6.07) is 0. The van der Waals surface area contributed by atoms with Crippen LogP contribution in [-0.2, 0) is 0 Å². The lowest BCUT2D eigenvalue weighted by Gasteiger charge is -2.11. The molecule has 0 saturated heterocycles. The normalized spacial score (nSPS) is 24.7. The molecule has 1 atom stereocenters. The van der Waals surface area contributed by atoms with Crippen LogP contribution in [0.15, 0.2) is 5.10 Å². The smallest absolute Gasteiger partial charge is 0.286 e. The first kappa shape index (κ1) is 9.05. The minimum absolute atomic E-state index is 0.423. The number of alkyl halides is 3. The van der Waals surface area contributed by atoms with E-state index in [1.54, 1.807) is 6.26 Å². The lowest BCUT2D eigenvalue weighted by molar-refractivity contribution is -0.133. The molecule has 2 nitrogen and oxygen atoms in total. The van der Waals surface area contributed by atoms with E-state index >= 15 is 0 Å². The molecule has 1 rings (SSSR count). The van der Waals surface area contributed by atoms with Gasteiger partial charge in [0, 0.05) is 0 Å². The van der Waals surface area contributed by atoms with Crippen molar-refractivity contribution >= 4 is 27.9 Å². The van der Waals surface area contributed by atoms with Gasteiger partial charge in [-0.25, -0.2) is 0 Å². The van der Waals surface area contributed by atoms with E-state index in [9.17, 15) is 13.2 Å². The van der Waals surface area contributed by atoms with Gasteiger partial charge in [0.25, 0.3) is 0 Å². The van der Waals surface area contributed by atoms with Crippen LogP contribution in [0.3, 0.4) is 0 Å². The number of halogens is 3. The fourth-order valence-electron chi connectivity index (χ4n) is 0.499. The van der Waals surface area contributed by atoms with Crippen LogP contribution in [0, 0.1) is 0 Å². The van der Waals surface area contributed by atoms with Gasteiger partial charge in [-0.2, -0.15) is 18.3 Å². The zero-order chi connectivity index (χ0) is 8.48. The Morgan fingerprint density at radius 2 is 2.27 bits per heavy atom. The van der Waals surface area contributed by atoms with Crippen LogP contribution in [0.5, 0.6) is 0 Å². The van der Waals surface area contributed by atoms with Gasteiger partial charge < -0.3 is 0 Å². The van der Waals surface area contributed by atoms with E-state index in [2.05, 4.69) is 5.10 Å². The molecule has 1 N–H and O–H groups in total. The Morgan fingerprint density at radius 3 is 2.55 bits per heavy atom. The molecule has 0 aliphatic carbocycles. The van der Waals surface area contributed by atoms with Crippen LogP contribution < -0.4 is 5.43 Å². The topological polar surface area (TPSA) is 24.4 Å². The van der Waals surface area contributed by atoms with Crippen molar-refractivity contribution in [1.29, 1.82) is 0 Å². The zero-order valence-corrected chi connectivity index (χ0v) is 7.11. The molecular formula is C4H5F3N2S2. The first-order valence-electron chi connectivity index (χ1n) is 2.64. The number of rotatable bonds is 0. The van der Waals surface area contributed by atoms with Gasteiger partial charge in [-0.1, -0.05) is 11.8 Å². The number of hydrazone groups is 1. The van der Waals surface area contributed by atoms with Crippen LogP contribution in [-0.4, -0.2) is 22.2 Å². The summed E-state index contributed by atoms with van der Waals surface area (Å²) < 4.78 is 36.1. The van der Waals surface area contributed by atoms with Gasteiger partial charge in [-0.05, 0) is 6.26 Å². The second kappa shape index (κ2) is 3.14. The lowest BCUT2D eigenvalue weighted by atomic mass is 10.6. The molecule has 0 fully saturated rings. The molecule has 1 heterocycles. The van der Waals surface area contributed by atoms with Crippen molar-refractivity contribution in [1.82, 2.24) is 5.43 Å². The molecule has 0 aromatic carbocycles.